The van der Waals surface area contributed by atoms with Crippen LogP contribution in [0.25, 0.3) is 10.8 Å². The number of hydrogen-bond acceptors (Lipinski definition) is 3. The third kappa shape index (κ3) is 5.43. The van der Waals surface area contributed by atoms with E-state index in [-0.39, 0.29) is 56.3 Å². The summed E-state index contributed by atoms with van der Waals surface area (Å²) in [7, 11) is -4.43. The molecule has 2 rings (SSSR count). The fraction of sp³-hybridized carbons (Fsp3) is 0.375. The smallest absolute Gasteiger partial charge is 0.744 e. The summed E-state index contributed by atoms with van der Waals surface area (Å²) in [4.78, 5) is -0.120. The van der Waals surface area contributed by atoms with E-state index < -0.39 is 10.1 Å². The van der Waals surface area contributed by atoms with Crippen LogP contribution in [-0.2, 0) is 16.5 Å². The van der Waals surface area contributed by atoms with Crippen LogP contribution in [0.1, 0.15) is 38.2 Å². The summed E-state index contributed by atoms with van der Waals surface area (Å²) in [6.45, 7) is 2.17. The minimum absolute atomic E-state index is 0. The molecule has 0 N–H and O–H groups in total. The first-order valence-corrected chi connectivity index (χ1v) is 8.41. The van der Waals surface area contributed by atoms with E-state index in [1.54, 1.807) is 6.07 Å². The van der Waals surface area contributed by atoms with E-state index >= 15 is 0 Å². The van der Waals surface area contributed by atoms with E-state index in [2.05, 4.69) is 6.92 Å². The molecule has 0 aliphatic rings. The van der Waals surface area contributed by atoms with Crippen molar-refractivity contribution in [2.24, 2.45) is 0 Å². The predicted octanol–water partition coefficient (Wildman–Crippen LogP) is 0.871. The second-order valence-electron chi connectivity index (χ2n) is 5.08. The summed E-state index contributed by atoms with van der Waals surface area (Å²) in [5.41, 5.74) is 1.09. The summed E-state index contributed by atoms with van der Waals surface area (Å²) in [5, 5.41) is 1.33. The van der Waals surface area contributed by atoms with E-state index in [4.69, 9.17) is 0 Å². The van der Waals surface area contributed by atoms with Gasteiger partial charge in [0.05, 0.1) is 4.90 Å². The standard InChI is InChI=1S/C16H20O3S.K/c1-2-3-4-5-7-13-10-11-14-8-6-9-16(15(14)12-13)20(17,18)19;/h6,8-12H,2-5,7H2,1H3,(H,17,18,19);/q;+1/p-1. The van der Waals surface area contributed by atoms with Gasteiger partial charge < -0.3 is 4.55 Å². The molecule has 0 atom stereocenters. The van der Waals surface area contributed by atoms with Crippen LogP contribution >= 0.6 is 0 Å². The van der Waals surface area contributed by atoms with Crippen molar-refractivity contribution in [3.8, 4) is 0 Å². The SMILES string of the molecule is CCCCCCc1ccc2cccc(S(=O)(=O)[O-])c2c1.[K+]. The van der Waals surface area contributed by atoms with Crippen molar-refractivity contribution in [3.05, 3.63) is 42.0 Å². The van der Waals surface area contributed by atoms with Gasteiger partial charge in [-0.3, -0.25) is 0 Å². The number of fused-ring (bicyclic) bond motifs is 1. The number of hydrogen-bond donors (Lipinski definition) is 0. The number of aryl methyl sites for hydroxylation is 1. The normalized spacial score (nSPS) is 11.3. The molecule has 0 heterocycles. The third-order valence-corrected chi connectivity index (χ3v) is 4.39. The molecule has 2 aromatic carbocycles. The van der Waals surface area contributed by atoms with Gasteiger partial charge in [0.15, 0.2) is 0 Å². The summed E-state index contributed by atoms with van der Waals surface area (Å²) < 4.78 is 33.9. The zero-order chi connectivity index (χ0) is 14.6. The van der Waals surface area contributed by atoms with Crippen LogP contribution in [-0.4, -0.2) is 13.0 Å². The van der Waals surface area contributed by atoms with Crippen LogP contribution in [0.4, 0.5) is 0 Å². The van der Waals surface area contributed by atoms with Gasteiger partial charge in [-0.25, -0.2) is 8.42 Å². The summed E-state index contributed by atoms with van der Waals surface area (Å²) in [5.74, 6) is 0. The van der Waals surface area contributed by atoms with Gasteiger partial charge in [0.2, 0.25) is 0 Å². The van der Waals surface area contributed by atoms with Crippen LogP contribution < -0.4 is 51.4 Å². The second kappa shape index (κ2) is 8.77. The molecule has 0 aliphatic heterocycles. The maximum Gasteiger partial charge on any atom is 1.00 e. The van der Waals surface area contributed by atoms with Crippen LogP contribution in [0.5, 0.6) is 0 Å². The second-order valence-corrected chi connectivity index (χ2v) is 6.42. The average Bonchev–Trinajstić information content (AvgIpc) is 2.42. The van der Waals surface area contributed by atoms with Gasteiger partial charge in [0.1, 0.15) is 10.1 Å². The summed E-state index contributed by atoms with van der Waals surface area (Å²) >= 11 is 0. The zero-order valence-electron chi connectivity index (χ0n) is 12.6. The van der Waals surface area contributed by atoms with Crippen molar-refractivity contribution in [1.29, 1.82) is 0 Å². The molecule has 108 valence electrons. The molecule has 0 unspecified atom stereocenters. The van der Waals surface area contributed by atoms with Gasteiger partial charge >= 0.3 is 51.4 Å². The van der Waals surface area contributed by atoms with E-state index in [1.165, 1.54) is 25.3 Å². The van der Waals surface area contributed by atoms with Gasteiger partial charge in [0, 0.05) is 0 Å². The minimum atomic E-state index is -4.43. The molecule has 2 aromatic rings. The van der Waals surface area contributed by atoms with Gasteiger partial charge in [-0.15, -0.1) is 0 Å². The van der Waals surface area contributed by atoms with E-state index in [0.29, 0.717) is 5.39 Å². The fourth-order valence-electron chi connectivity index (χ4n) is 2.42. The first-order chi connectivity index (χ1) is 9.52. The quantitative estimate of drug-likeness (QED) is 0.449. The Morgan fingerprint density at radius 1 is 1.05 bits per heavy atom. The molecule has 0 amide bonds. The van der Waals surface area contributed by atoms with Crippen molar-refractivity contribution in [3.63, 3.8) is 0 Å². The Hall–Kier alpha value is 0.246. The van der Waals surface area contributed by atoms with Crippen molar-refractivity contribution in [2.75, 3.05) is 0 Å². The fourth-order valence-corrected chi connectivity index (χ4v) is 3.11. The van der Waals surface area contributed by atoms with Crippen molar-refractivity contribution in [1.82, 2.24) is 0 Å². The zero-order valence-corrected chi connectivity index (χ0v) is 16.6. The molecular weight excluding hydrogens is 311 g/mol. The largest absolute Gasteiger partial charge is 1.00 e. The molecule has 5 heteroatoms. The van der Waals surface area contributed by atoms with E-state index in [1.807, 2.05) is 24.3 Å². The molecular formula is C16H19KO3S. The molecule has 0 saturated heterocycles. The van der Waals surface area contributed by atoms with Crippen LogP contribution in [0, 0.1) is 0 Å². The molecule has 3 nitrogen and oxygen atoms in total. The number of benzene rings is 2. The van der Waals surface area contributed by atoms with E-state index in [9.17, 15) is 13.0 Å². The van der Waals surface area contributed by atoms with Crippen molar-refractivity contribution >= 4 is 20.9 Å². The monoisotopic (exact) mass is 330 g/mol. The van der Waals surface area contributed by atoms with Crippen LogP contribution in [0.2, 0.25) is 0 Å². The molecule has 0 aliphatic carbocycles. The van der Waals surface area contributed by atoms with Gasteiger partial charge in [-0.2, -0.15) is 0 Å². The van der Waals surface area contributed by atoms with Gasteiger partial charge in [-0.05, 0) is 41.3 Å². The predicted molar refractivity (Wildman–Crippen MR) is 79.8 cm³/mol. The Kier molecular flexibility index (Phi) is 8.06. The van der Waals surface area contributed by atoms with Crippen LogP contribution in [0.15, 0.2) is 41.3 Å². The minimum Gasteiger partial charge on any atom is -0.744 e. The first kappa shape index (κ1) is 19.3. The van der Waals surface area contributed by atoms with Crippen molar-refractivity contribution in [2.45, 2.75) is 43.9 Å². The Labute approximate surface area is 169 Å². The Bertz CT molecular complexity index is 696. The van der Waals surface area contributed by atoms with Crippen molar-refractivity contribution < 1.29 is 64.4 Å². The maximum atomic E-state index is 11.3. The molecule has 0 radical (unpaired) electrons. The topological polar surface area (TPSA) is 57.2 Å². The van der Waals surface area contributed by atoms with E-state index in [0.717, 1.165) is 23.8 Å². The maximum absolute atomic E-state index is 11.3. The number of rotatable bonds is 6. The Morgan fingerprint density at radius 3 is 2.48 bits per heavy atom. The Morgan fingerprint density at radius 2 is 1.81 bits per heavy atom. The van der Waals surface area contributed by atoms with Gasteiger partial charge in [-0.1, -0.05) is 50.5 Å². The number of unbranched alkanes of at least 4 members (excludes halogenated alkanes) is 3. The summed E-state index contributed by atoms with van der Waals surface area (Å²) in [6, 6.07) is 10.5. The first-order valence-electron chi connectivity index (χ1n) is 7.00. The molecule has 0 bridgehead atoms. The third-order valence-electron chi connectivity index (χ3n) is 3.49. The molecule has 0 aromatic heterocycles. The van der Waals surface area contributed by atoms with Crippen LogP contribution in [0.3, 0.4) is 0 Å². The van der Waals surface area contributed by atoms with Gasteiger partial charge in [0.25, 0.3) is 0 Å². The Balaban J connectivity index is 0.00000220. The average molecular weight is 330 g/mol. The molecule has 0 spiro atoms. The molecule has 0 fully saturated rings. The summed E-state index contributed by atoms with van der Waals surface area (Å²) in [6.07, 6.45) is 5.59. The molecule has 21 heavy (non-hydrogen) atoms. The molecule has 0 saturated carbocycles.